The fraction of sp³-hybridized carbons (Fsp3) is 0.400. The fourth-order valence-corrected chi connectivity index (χ4v) is 1.59. The van der Waals surface area contributed by atoms with Crippen LogP contribution in [0.25, 0.3) is 0 Å². The Kier molecular flexibility index (Phi) is 6.40. The minimum absolute atomic E-state index is 0.0767. The molecule has 0 saturated heterocycles. The normalized spacial score (nSPS) is 11.3. The number of hydrogen-bond acceptors (Lipinski definition) is 3. The van der Waals surface area contributed by atoms with Crippen LogP contribution in [-0.4, -0.2) is 12.6 Å². The van der Waals surface area contributed by atoms with Crippen molar-refractivity contribution < 1.29 is 4.74 Å². The van der Waals surface area contributed by atoms with Crippen LogP contribution >= 0.6 is 0 Å². The van der Waals surface area contributed by atoms with Crippen LogP contribution < -0.4 is 10.1 Å². The number of hydrogen-bond donors (Lipinski definition) is 1. The van der Waals surface area contributed by atoms with E-state index in [-0.39, 0.29) is 12.6 Å². The van der Waals surface area contributed by atoms with E-state index in [1.807, 2.05) is 30.3 Å². The summed E-state index contributed by atoms with van der Waals surface area (Å²) in [5.74, 6) is 3.45. The Morgan fingerprint density at radius 3 is 2.67 bits per heavy atom. The van der Waals surface area contributed by atoms with Crippen molar-refractivity contribution in [3.8, 4) is 24.2 Å². The fourth-order valence-electron chi connectivity index (χ4n) is 1.59. The zero-order valence-electron chi connectivity index (χ0n) is 10.6. The Balaban J connectivity index is 2.44. The number of nitrogens with one attached hydrogen (secondary N) is 1. The molecule has 0 heterocycles. The summed E-state index contributed by atoms with van der Waals surface area (Å²) in [6, 6.07) is 9.73. The van der Waals surface area contributed by atoms with Gasteiger partial charge in [0, 0.05) is 6.54 Å². The lowest BCUT2D eigenvalue weighted by Crippen LogP contribution is -2.26. The molecule has 1 unspecified atom stereocenters. The van der Waals surface area contributed by atoms with E-state index in [1.54, 1.807) is 0 Å². The first kappa shape index (κ1) is 14.1. The molecule has 0 bridgehead atoms. The Morgan fingerprint density at radius 1 is 1.39 bits per heavy atom. The van der Waals surface area contributed by atoms with Gasteiger partial charge in [-0.15, -0.1) is 6.42 Å². The van der Waals surface area contributed by atoms with E-state index in [9.17, 15) is 0 Å². The van der Waals surface area contributed by atoms with Gasteiger partial charge in [-0.2, -0.15) is 5.26 Å². The first-order valence-corrected chi connectivity index (χ1v) is 6.08. The molecule has 3 heteroatoms. The van der Waals surface area contributed by atoms with Crippen LogP contribution in [0.2, 0.25) is 0 Å². The molecule has 1 atom stereocenters. The minimum Gasteiger partial charge on any atom is -0.479 e. The molecule has 1 aromatic carbocycles. The first-order valence-electron chi connectivity index (χ1n) is 6.08. The summed E-state index contributed by atoms with van der Waals surface area (Å²) < 4.78 is 5.18. The molecule has 0 radical (unpaired) electrons. The van der Waals surface area contributed by atoms with E-state index >= 15 is 0 Å². The van der Waals surface area contributed by atoms with Crippen LogP contribution in [0.1, 0.15) is 25.3 Å². The molecule has 94 valence electrons. The van der Waals surface area contributed by atoms with Gasteiger partial charge in [-0.25, -0.2) is 0 Å². The van der Waals surface area contributed by atoms with Crippen molar-refractivity contribution >= 4 is 0 Å². The van der Waals surface area contributed by atoms with E-state index in [0.717, 1.165) is 24.9 Å². The van der Waals surface area contributed by atoms with Gasteiger partial charge in [0.2, 0.25) is 0 Å². The highest BCUT2D eigenvalue weighted by atomic mass is 16.5. The lowest BCUT2D eigenvalue weighted by Gasteiger charge is -2.12. The quantitative estimate of drug-likeness (QED) is 0.747. The van der Waals surface area contributed by atoms with Crippen molar-refractivity contribution in [1.82, 2.24) is 5.32 Å². The zero-order chi connectivity index (χ0) is 13.2. The molecule has 0 saturated carbocycles. The second kappa shape index (κ2) is 8.17. The summed E-state index contributed by atoms with van der Waals surface area (Å²) in [4.78, 5) is 0. The number of nitriles is 1. The largest absolute Gasteiger partial charge is 0.479 e. The number of nitrogens with zero attached hydrogens (tertiary/aromatic N) is 1. The topological polar surface area (TPSA) is 45.0 Å². The van der Waals surface area contributed by atoms with Gasteiger partial charge in [0.15, 0.2) is 6.61 Å². The second-order valence-electron chi connectivity index (χ2n) is 3.98. The maximum atomic E-state index is 8.40. The molecule has 0 aliphatic carbocycles. The summed E-state index contributed by atoms with van der Waals surface area (Å²) in [5.41, 5.74) is 1.15. The lowest BCUT2D eigenvalue weighted by molar-refractivity contribution is 0.368. The number of benzene rings is 1. The van der Waals surface area contributed by atoms with Crippen molar-refractivity contribution in [3.05, 3.63) is 29.8 Å². The van der Waals surface area contributed by atoms with Crippen molar-refractivity contribution in [1.29, 1.82) is 5.26 Å². The first-order chi connectivity index (χ1) is 8.80. The predicted octanol–water partition coefficient (Wildman–Crippen LogP) is 2.48. The van der Waals surface area contributed by atoms with Crippen LogP contribution in [0, 0.1) is 23.7 Å². The Bertz CT molecular complexity index is 425. The van der Waals surface area contributed by atoms with Gasteiger partial charge in [0.1, 0.15) is 11.8 Å². The van der Waals surface area contributed by atoms with Gasteiger partial charge in [-0.05, 0) is 24.1 Å². The molecular weight excluding hydrogens is 224 g/mol. The SMILES string of the molecule is C#CC(CCC)NCc1ccc(OCC#N)cc1. The standard InChI is InChI=1S/C15H18N2O/c1-3-5-14(4-2)17-12-13-6-8-15(9-7-13)18-11-10-16/h2,6-9,14,17H,3,5,11-12H2,1H3. The maximum absolute atomic E-state index is 8.40. The lowest BCUT2D eigenvalue weighted by atomic mass is 10.1. The number of terminal acetylenes is 1. The van der Waals surface area contributed by atoms with Gasteiger partial charge >= 0.3 is 0 Å². The third kappa shape index (κ3) is 4.91. The van der Waals surface area contributed by atoms with E-state index in [4.69, 9.17) is 16.4 Å². The highest BCUT2D eigenvalue weighted by molar-refractivity contribution is 5.27. The number of ether oxygens (including phenoxy) is 1. The Labute approximate surface area is 109 Å². The van der Waals surface area contributed by atoms with E-state index in [1.165, 1.54) is 0 Å². The molecule has 0 fully saturated rings. The minimum atomic E-state index is 0.0767. The Hall–Kier alpha value is -1.97. The molecule has 0 spiro atoms. The van der Waals surface area contributed by atoms with Gasteiger partial charge in [0.25, 0.3) is 0 Å². The molecular formula is C15H18N2O. The zero-order valence-corrected chi connectivity index (χ0v) is 10.6. The van der Waals surface area contributed by atoms with Crippen LogP contribution in [0.3, 0.4) is 0 Å². The van der Waals surface area contributed by atoms with Gasteiger partial charge in [-0.3, -0.25) is 5.32 Å². The van der Waals surface area contributed by atoms with E-state index < -0.39 is 0 Å². The molecule has 1 rings (SSSR count). The third-order valence-corrected chi connectivity index (χ3v) is 2.56. The van der Waals surface area contributed by atoms with Crippen LogP contribution in [-0.2, 0) is 6.54 Å². The van der Waals surface area contributed by atoms with Crippen LogP contribution in [0.5, 0.6) is 5.75 Å². The monoisotopic (exact) mass is 242 g/mol. The van der Waals surface area contributed by atoms with Crippen molar-refractivity contribution in [2.75, 3.05) is 6.61 Å². The summed E-state index contributed by atoms with van der Waals surface area (Å²) in [7, 11) is 0. The summed E-state index contributed by atoms with van der Waals surface area (Å²) in [6.45, 7) is 2.94. The number of rotatable bonds is 7. The molecule has 1 aromatic rings. The van der Waals surface area contributed by atoms with Crippen LogP contribution in [0.4, 0.5) is 0 Å². The summed E-state index contributed by atoms with van der Waals surface area (Å²) in [6.07, 6.45) is 7.50. The molecule has 0 aliphatic heterocycles. The average Bonchev–Trinajstić information content (AvgIpc) is 2.42. The molecule has 0 aromatic heterocycles. The second-order valence-corrected chi connectivity index (χ2v) is 3.98. The van der Waals surface area contributed by atoms with Crippen molar-refractivity contribution in [2.24, 2.45) is 0 Å². The van der Waals surface area contributed by atoms with Gasteiger partial charge < -0.3 is 4.74 Å². The van der Waals surface area contributed by atoms with E-state index in [2.05, 4.69) is 18.2 Å². The summed E-state index contributed by atoms with van der Waals surface area (Å²) >= 11 is 0. The van der Waals surface area contributed by atoms with Gasteiger partial charge in [0.05, 0.1) is 6.04 Å². The predicted molar refractivity (Wildman–Crippen MR) is 71.9 cm³/mol. The summed E-state index contributed by atoms with van der Waals surface area (Å²) in [5, 5.41) is 11.7. The maximum Gasteiger partial charge on any atom is 0.174 e. The third-order valence-electron chi connectivity index (χ3n) is 2.56. The average molecular weight is 242 g/mol. The van der Waals surface area contributed by atoms with E-state index in [0.29, 0.717) is 5.75 Å². The molecule has 3 nitrogen and oxygen atoms in total. The van der Waals surface area contributed by atoms with Gasteiger partial charge in [-0.1, -0.05) is 31.4 Å². The molecule has 1 N–H and O–H groups in total. The Morgan fingerprint density at radius 2 is 2.11 bits per heavy atom. The smallest absolute Gasteiger partial charge is 0.174 e. The molecule has 18 heavy (non-hydrogen) atoms. The molecule has 0 amide bonds. The molecule has 0 aliphatic rings. The van der Waals surface area contributed by atoms with Crippen molar-refractivity contribution in [2.45, 2.75) is 32.4 Å². The van der Waals surface area contributed by atoms with Crippen LogP contribution in [0.15, 0.2) is 24.3 Å². The highest BCUT2D eigenvalue weighted by Gasteiger charge is 2.02. The van der Waals surface area contributed by atoms with Crippen molar-refractivity contribution in [3.63, 3.8) is 0 Å². The highest BCUT2D eigenvalue weighted by Crippen LogP contribution is 2.12.